The molecule has 2 aromatic carbocycles. The van der Waals surface area contributed by atoms with Crippen molar-refractivity contribution in [2.45, 2.75) is 0 Å². The van der Waals surface area contributed by atoms with Crippen molar-refractivity contribution in [1.29, 1.82) is 0 Å². The van der Waals surface area contributed by atoms with Gasteiger partial charge in [0.25, 0.3) is 5.91 Å². The normalized spacial score (nSPS) is 10.6. The second-order valence-electron chi connectivity index (χ2n) is 4.29. The molecule has 3 N–H and O–H groups in total. The maximum absolute atomic E-state index is 11.8. The minimum absolute atomic E-state index is 0.00544. The van der Waals surface area contributed by atoms with Gasteiger partial charge < -0.3 is 10.2 Å². The van der Waals surface area contributed by atoms with Crippen LogP contribution in [0.4, 0.5) is 0 Å². The number of carbonyl (C=O) groups is 2. The number of carboxylic acids is 1. The summed E-state index contributed by atoms with van der Waals surface area (Å²) in [5, 5.41) is 22.4. The molecule has 112 valence electrons. The topological polar surface area (TPSA) is 99.0 Å². The molecule has 1 amide bonds. The van der Waals surface area contributed by atoms with Crippen molar-refractivity contribution >= 4 is 29.7 Å². The molecule has 0 radical (unpaired) electrons. The number of benzene rings is 2. The highest BCUT2D eigenvalue weighted by Crippen LogP contribution is 2.21. The predicted molar refractivity (Wildman–Crippen MR) is 81.6 cm³/mol. The second-order valence-corrected chi connectivity index (χ2v) is 4.72. The monoisotopic (exact) mass is 318 g/mol. The number of amides is 1. The summed E-state index contributed by atoms with van der Waals surface area (Å²) in [6, 6.07) is 10.0. The third kappa shape index (κ3) is 3.83. The number of rotatable bonds is 4. The first-order chi connectivity index (χ1) is 10.5. The van der Waals surface area contributed by atoms with Crippen LogP contribution in [0.2, 0.25) is 5.02 Å². The summed E-state index contributed by atoms with van der Waals surface area (Å²) in [6.45, 7) is 0. The summed E-state index contributed by atoms with van der Waals surface area (Å²) in [6.07, 6.45) is 1.35. The van der Waals surface area contributed by atoms with Crippen molar-refractivity contribution in [3.05, 3.63) is 64.2 Å². The first-order valence-electron chi connectivity index (χ1n) is 6.12. The van der Waals surface area contributed by atoms with Crippen LogP contribution in [0.5, 0.6) is 5.75 Å². The van der Waals surface area contributed by atoms with Gasteiger partial charge in [-0.15, -0.1) is 0 Å². The van der Waals surface area contributed by atoms with Crippen LogP contribution in [0.25, 0.3) is 0 Å². The van der Waals surface area contributed by atoms with E-state index in [4.69, 9.17) is 16.7 Å². The smallest absolute Gasteiger partial charge is 0.335 e. The van der Waals surface area contributed by atoms with Crippen molar-refractivity contribution in [2.75, 3.05) is 0 Å². The number of hydrazone groups is 1. The van der Waals surface area contributed by atoms with E-state index in [1.54, 1.807) is 12.1 Å². The fourth-order valence-electron chi connectivity index (χ4n) is 1.63. The number of phenolic OH excluding ortho intramolecular Hbond substituents is 1. The molecule has 2 aromatic rings. The lowest BCUT2D eigenvalue weighted by Crippen LogP contribution is -2.17. The van der Waals surface area contributed by atoms with Gasteiger partial charge in [0.2, 0.25) is 0 Å². The lowest BCUT2D eigenvalue weighted by molar-refractivity contribution is 0.0696. The molecule has 0 bridgehead atoms. The highest BCUT2D eigenvalue weighted by atomic mass is 35.5. The molecule has 0 heterocycles. The standard InChI is InChI=1S/C15H11ClN2O4/c16-11-5-6-13(19)12(7-11)14(20)18-17-8-9-1-3-10(4-2-9)15(21)22/h1-8,19H,(H,18,20)(H,21,22)/b17-8+. The third-order valence-corrected chi connectivity index (χ3v) is 2.98. The van der Waals surface area contributed by atoms with Gasteiger partial charge in [-0.05, 0) is 35.9 Å². The van der Waals surface area contributed by atoms with E-state index in [0.717, 1.165) is 0 Å². The summed E-state index contributed by atoms with van der Waals surface area (Å²) in [5.41, 5.74) is 3.02. The van der Waals surface area contributed by atoms with Crippen LogP contribution in [-0.4, -0.2) is 28.3 Å². The van der Waals surface area contributed by atoms with E-state index in [2.05, 4.69) is 10.5 Å². The molecule has 7 heteroatoms. The number of halogens is 1. The zero-order valence-corrected chi connectivity index (χ0v) is 11.9. The van der Waals surface area contributed by atoms with Crippen molar-refractivity contribution in [3.8, 4) is 5.75 Å². The fraction of sp³-hybridized carbons (Fsp3) is 0. The van der Waals surface area contributed by atoms with Gasteiger partial charge in [-0.3, -0.25) is 4.79 Å². The summed E-state index contributed by atoms with van der Waals surface area (Å²) in [4.78, 5) is 22.5. The molecule has 0 aliphatic rings. The fourth-order valence-corrected chi connectivity index (χ4v) is 1.80. The Labute approximate surface area is 130 Å². The minimum Gasteiger partial charge on any atom is -0.507 e. The van der Waals surface area contributed by atoms with E-state index in [0.29, 0.717) is 10.6 Å². The van der Waals surface area contributed by atoms with Gasteiger partial charge in [-0.1, -0.05) is 23.7 Å². The molecule has 22 heavy (non-hydrogen) atoms. The molecule has 0 unspecified atom stereocenters. The zero-order valence-electron chi connectivity index (χ0n) is 11.2. The molecule has 0 saturated carbocycles. The molecular weight excluding hydrogens is 308 g/mol. The molecule has 0 atom stereocenters. The highest BCUT2D eigenvalue weighted by Gasteiger charge is 2.10. The number of carbonyl (C=O) groups excluding carboxylic acids is 1. The van der Waals surface area contributed by atoms with Gasteiger partial charge in [-0.25, -0.2) is 10.2 Å². The SMILES string of the molecule is O=C(O)c1ccc(/C=N/NC(=O)c2cc(Cl)ccc2O)cc1. The van der Waals surface area contributed by atoms with Gasteiger partial charge in [0.1, 0.15) is 5.75 Å². The minimum atomic E-state index is -1.02. The quantitative estimate of drug-likeness (QED) is 0.595. The van der Waals surface area contributed by atoms with Crippen molar-refractivity contribution in [1.82, 2.24) is 5.43 Å². The van der Waals surface area contributed by atoms with Gasteiger partial charge >= 0.3 is 5.97 Å². The summed E-state index contributed by atoms with van der Waals surface area (Å²) < 4.78 is 0. The Morgan fingerprint density at radius 2 is 1.82 bits per heavy atom. The lowest BCUT2D eigenvalue weighted by atomic mass is 10.1. The molecule has 0 aromatic heterocycles. The van der Waals surface area contributed by atoms with E-state index in [-0.39, 0.29) is 16.9 Å². The van der Waals surface area contributed by atoms with E-state index >= 15 is 0 Å². The highest BCUT2D eigenvalue weighted by molar-refractivity contribution is 6.31. The van der Waals surface area contributed by atoms with Gasteiger partial charge in [-0.2, -0.15) is 5.10 Å². The van der Waals surface area contributed by atoms with Crippen LogP contribution in [0.1, 0.15) is 26.3 Å². The first kappa shape index (κ1) is 15.5. The van der Waals surface area contributed by atoms with E-state index in [1.807, 2.05) is 0 Å². The number of nitrogens with one attached hydrogen (secondary N) is 1. The molecule has 0 saturated heterocycles. The van der Waals surface area contributed by atoms with E-state index in [1.165, 1.54) is 36.5 Å². The number of aromatic carboxylic acids is 1. The number of aromatic hydroxyl groups is 1. The molecule has 2 rings (SSSR count). The van der Waals surface area contributed by atoms with Crippen molar-refractivity contribution in [3.63, 3.8) is 0 Å². The Morgan fingerprint density at radius 1 is 1.14 bits per heavy atom. The lowest BCUT2D eigenvalue weighted by Gasteiger charge is -2.03. The van der Waals surface area contributed by atoms with Crippen LogP contribution in [0, 0.1) is 0 Å². The largest absolute Gasteiger partial charge is 0.507 e. The Morgan fingerprint density at radius 3 is 2.45 bits per heavy atom. The Bertz CT molecular complexity index is 742. The Kier molecular flexibility index (Phi) is 4.75. The predicted octanol–water partition coefficient (Wildman–Crippen LogP) is 2.51. The Balaban J connectivity index is 2.04. The van der Waals surface area contributed by atoms with E-state index < -0.39 is 11.9 Å². The van der Waals surface area contributed by atoms with Gasteiger partial charge in [0, 0.05) is 5.02 Å². The van der Waals surface area contributed by atoms with Crippen LogP contribution >= 0.6 is 11.6 Å². The number of hydrogen-bond donors (Lipinski definition) is 3. The summed E-state index contributed by atoms with van der Waals surface area (Å²) >= 11 is 5.75. The molecule has 0 spiro atoms. The van der Waals surface area contributed by atoms with Crippen LogP contribution in [0.3, 0.4) is 0 Å². The van der Waals surface area contributed by atoms with Crippen molar-refractivity contribution < 1.29 is 19.8 Å². The average Bonchev–Trinajstić information content (AvgIpc) is 2.50. The van der Waals surface area contributed by atoms with Crippen LogP contribution < -0.4 is 5.43 Å². The number of nitrogens with zero attached hydrogens (tertiary/aromatic N) is 1. The molecular formula is C15H11ClN2O4. The molecule has 0 fully saturated rings. The number of phenols is 1. The van der Waals surface area contributed by atoms with Gasteiger partial charge in [0.15, 0.2) is 0 Å². The maximum Gasteiger partial charge on any atom is 0.335 e. The number of carboxylic acid groups (broad SMARTS) is 1. The van der Waals surface area contributed by atoms with E-state index in [9.17, 15) is 14.7 Å². The summed E-state index contributed by atoms with van der Waals surface area (Å²) in [7, 11) is 0. The van der Waals surface area contributed by atoms with Crippen LogP contribution in [-0.2, 0) is 0 Å². The first-order valence-corrected chi connectivity index (χ1v) is 6.50. The zero-order chi connectivity index (χ0) is 16.1. The average molecular weight is 319 g/mol. The summed E-state index contributed by atoms with van der Waals surface area (Å²) in [5.74, 6) is -1.84. The van der Waals surface area contributed by atoms with Crippen molar-refractivity contribution in [2.24, 2.45) is 5.10 Å². The van der Waals surface area contributed by atoms with Gasteiger partial charge in [0.05, 0.1) is 17.3 Å². The second kappa shape index (κ2) is 6.73. The van der Waals surface area contributed by atoms with Crippen LogP contribution in [0.15, 0.2) is 47.6 Å². The third-order valence-electron chi connectivity index (χ3n) is 2.74. The Hall–Kier alpha value is -2.86. The number of hydrogen-bond acceptors (Lipinski definition) is 4. The molecule has 6 nitrogen and oxygen atoms in total. The maximum atomic E-state index is 11.8. The molecule has 0 aliphatic carbocycles. The molecule has 0 aliphatic heterocycles.